The fourth-order valence-corrected chi connectivity index (χ4v) is 3.12. The SMILES string of the molecule is O=C(NC(=S)Nc1ccc(Cl)cc1C(F)(F)F)c1ccc(-c2ccc(Cl)c(Cl)c2)o1. The summed E-state index contributed by atoms with van der Waals surface area (Å²) in [5, 5.41) is 4.84. The van der Waals surface area contributed by atoms with Gasteiger partial charge in [0.2, 0.25) is 0 Å². The Bertz CT molecular complexity index is 1130. The molecule has 1 heterocycles. The molecule has 3 rings (SSSR count). The molecule has 0 fully saturated rings. The molecule has 1 aromatic heterocycles. The van der Waals surface area contributed by atoms with Gasteiger partial charge in [-0.1, -0.05) is 34.8 Å². The molecule has 0 atom stereocenters. The Labute approximate surface area is 188 Å². The Kier molecular flexibility index (Phi) is 6.62. The number of halogens is 6. The smallest absolute Gasteiger partial charge is 0.418 e. The van der Waals surface area contributed by atoms with Crippen molar-refractivity contribution in [3.8, 4) is 11.3 Å². The Hall–Kier alpha value is -2.26. The molecular weight excluding hydrogens is 484 g/mol. The van der Waals surface area contributed by atoms with Crippen LogP contribution in [0.1, 0.15) is 16.1 Å². The van der Waals surface area contributed by atoms with E-state index in [0.29, 0.717) is 21.4 Å². The molecule has 4 nitrogen and oxygen atoms in total. The number of carbonyl (C=O) groups is 1. The van der Waals surface area contributed by atoms with Gasteiger partial charge in [-0.15, -0.1) is 0 Å². The van der Waals surface area contributed by atoms with Crippen LogP contribution >= 0.6 is 47.0 Å². The summed E-state index contributed by atoms with van der Waals surface area (Å²) in [7, 11) is 0. The number of nitrogens with one attached hydrogen (secondary N) is 2. The lowest BCUT2D eigenvalue weighted by Gasteiger charge is -2.15. The molecule has 2 N–H and O–H groups in total. The number of amides is 1. The molecule has 30 heavy (non-hydrogen) atoms. The first-order valence-electron chi connectivity index (χ1n) is 8.09. The van der Waals surface area contributed by atoms with Crippen LogP contribution in [0.3, 0.4) is 0 Å². The molecule has 0 radical (unpaired) electrons. The minimum Gasteiger partial charge on any atom is -0.451 e. The van der Waals surface area contributed by atoms with Gasteiger partial charge < -0.3 is 9.73 Å². The first kappa shape index (κ1) is 22.4. The summed E-state index contributed by atoms with van der Waals surface area (Å²) in [6.07, 6.45) is -4.66. The van der Waals surface area contributed by atoms with Gasteiger partial charge in [-0.3, -0.25) is 10.1 Å². The number of anilines is 1. The van der Waals surface area contributed by atoms with Crippen LogP contribution in [0, 0.1) is 0 Å². The van der Waals surface area contributed by atoms with Gasteiger partial charge in [0, 0.05) is 10.6 Å². The molecule has 3 aromatic rings. The fraction of sp³-hybridized carbons (Fsp3) is 0.0526. The minimum absolute atomic E-state index is 0.0896. The third-order valence-corrected chi connectivity index (χ3v) is 4.97. The summed E-state index contributed by atoms with van der Waals surface area (Å²) >= 11 is 22.4. The Morgan fingerprint density at radius 1 is 0.967 bits per heavy atom. The summed E-state index contributed by atoms with van der Waals surface area (Å²) in [6.45, 7) is 0. The molecule has 0 aliphatic rings. The average molecular weight is 494 g/mol. The van der Waals surface area contributed by atoms with Gasteiger partial charge in [0.05, 0.1) is 21.3 Å². The number of furan rings is 1. The Morgan fingerprint density at radius 3 is 2.37 bits per heavy atom. The van der Waals surface area contributed by atoms with Crippen molar-refractivity contribution in [3.05, 3.63) is 74.9 Å². The van der Waals surface area contributed by atoms with E-state index in [9.17, 15) is 18.0 Å². The van der Waals surface area contributed by atoms with Crippen LogP contribution in [0.5, 0.6) is 0 Å². The highest BCUT2D eigenvalue weighted by molar-refractivity contribution is 7.80. The van der Waals surface area contributed by atoms with E-state index < -0.39 is 17.6 Å². The molecule has 0 spiro atoms. The number of hydrogen-bond donors (Lipinski definition) is 2. The van der Waals surface area contributed by atoms with E-state index in [1.807, 2.05) is 0 Å². The lowest BCUT2D eigenvalue weighted by Crippen LogP contribution is -2.34. The van der Waals surface area contributed by atoms with E-state index in [1.165, 1.54) is 18.2 Å². The molecule has 2 aromatic carbocycles. The fourth-order valence-electron chi connectivity index (χ4n) is 2.44. The molecule has 0 saturated heterocycles. The first-order chi connectivity index (χ1) is 14.0. The van der Waals surface area contributed by atoms with Crippen molar-refractivity contribution in [1.29, 1.82) is 0 Å². The number of rotatable bonds is 3. The monoisotopic (exact) mass is 492 g/mol. The summed E-state index contributed by atoms with van der Waals surface area (Å²) in [6, 6.07) is 10.8. The summed E-state index contributed by atoms with van der Waals surface area (Å²) in [5.41, 5.74) is -0.792. The molecule has 11 heteroatoms. The molecule has 0 aliphatic heterocycles. The van der Waals surface area contributed by atoms with Crippen molar-refractivity contribution in [2.75, 3.05) is 5.32 Å². The number of benzene rings is 2. The summed E-state index contributed by atoms with van der Waals surface area (Å²) < 4.78 is 45.0. The van der Waals surface area contributed by atoms with Crippen molar-refractivity contribution in [1.82, 2.24) is 5.32 Å². The molecule has 1 amide bonds. The second-order valence-corrected chi connectivity index (χ2v) is 7.55. The van der Waals surface area contributed by atoms with Gasteiger partial charge >= 0.3 is 6.18 Å². The van der Waals surface area contributed by atoms with Gasteiger partial charge in [0.25, 0.3) is 5.91 Å². The second-order valence-electron chi connectivity index (χ2n) is 5.89. The molecule has 0 saturated carbocycles. The van der Waals surface area contributed by atoms with Crippen LogP contribution in [0.25, 0.3) is 11.3 Å². The van der Waals surface area contributed by atoms with Gasteiger partial charge in [-0.25, -0.2) is 0 Å². The highest BCUT2D eigenvalue weighted by Crippen LogP contribution is 2.36. The van der Waals surface area contributed by atoms with Crippen LogP contribution in [0.15, 0.2) is 52.9 Å². The normalized spacial score (nSPS) is 11.3. The van der Waals surface area contributed by atoms with Crippen molar-refractivity contribution < 1.29 is 22.4 Å². The number of hydrogen-bond acceptors (Lipinski definition) is 3. The lowest BCUT2D eigenvalue weighted by atomic mass is 10.1. The molecule has 0 bridgehead atoms. The van der Waals surface area contributed by atoms with Crippen LogP contribution in [0.2, 0.25) is 15.1 Å². The highest BCUT2D eigenvalue weighted by Gasteiger charge is 2.34. The molecule has 156 valence electrons. The summed E-state index contributed by atoms with van der Waals surface area (Å²) in [5.74, 6) is -0.511. The third kappa shape index (κ3) is 5.26. The number of carbonyl (C=O) groups excluding carboxylic acids is 1. The zero-order chi connectivity index (χ0) is 22.1. The van der Waals surface area contributed by atoms with Crippen LogP contribution in [0.4, 0.5) is 18.9 Å². The maximum Gasteiger partial charge on any atom is 0.418 e. The number of thiocarbonyl (C=S) groups is 1. The van der Waals surface area contributed by atoms with E-state index >= 15 is 0 Å². The lowest BCUT2D eigenvalue weighted by molar-refractivity contribution is -0.136. The second kappa shape index (κ2) is 8.85. The standard InChI is InChI=1S/C19H10Cl3F3N2O2S/c20-10-2-4-14(11(8-10)19(23,24)25)26-18(30)27-17(28)16-6-5-15(29-16)9-1-3-12(21)13(22)7-9/h1-8H,(H2,26,27,28,30). The van der Waals surface area contributed by atoms with Gasteiger partial charge in [0.15, 0.2) is 10.9 Å². The van der Waals surface area contributed by atoms with E-state index in [1.54, 1.807) is 18.2 Å². The minimum atomic E-state index is -4.66. The zero-order valence-electron chi connectivity index (χ0n) is 14.6. The molecule has 0 aliphatic carbocycles. The van der Waals surface area contributed by atoms with Gasteiger partial charge in [0.1, 0.15) is 5.76 Å². The van der Waals surface area contributed by atoms with E-state index in [4.69, 9.17) is 51.4 Å². The van der Waals surface area contributed by atoms with Crippen molar-refractivity contribution >= 4 is 63.7 Å². The Morgan fingerprint density at radius 2 is 1.70 bits per heavy atom. The predicted octanol–water partition coefficient (Wildman–Crippen LogP) is 7.05. The molecule has 0 unspecified atom stereocenters. The van der Waals surface area contributed by atoms with Gasteiger partial charge in [-0.05, 0) is 60.7 Å². The van der Waals surface area contributed by atoms with E-state index in [-0.39, 0.29) is 21.6 Å². The van der Waals surface area contributed by atoms with Gasteiger partial charge in [-0.2, -0.15) is 13.2 Å². The van der Waals surface area contributed by atoms with Crippen molar-refractivity contribution in [3.63, 3.8) is 0 Å². The first-order valence-corrected chi connectivity index (χ1v) is 9.63. The van der Waals surface area contributed by atoms with Crippen molar-refractivity contribution in [2.45, 2.75) is 6.18 Å². The summed E-state index contributed by atoms with van der Waals surface area (Å²) in [4.78, 5) is 12.3. The van der Waals surface area contributed by atoms with Crippen LogP contribution in [-0.4, -0.2) is 11.0 Å². The Balaban J connectivity index is 1.72. The topological polar surface area (TPSA) is 54.3 Å². The third-order valence-electron chi connectivity index (χ3n) is 3.80. The maximum absolute atomic E-state index is 13.2. The highest BCUT2D eigenvalue weighted by atomic mass is 35.5. The predicted molar refractivity (Wildman–Crippen MR) is 114 cm³/mol. The number of alkyl halides is 3. The van der Waals surface area contributed by atoms with Crippen LogP contribution in [-0.2, 0) is 6.18 Å². The maximum atomic E-state index is 13.2. The van der Waals surface area contributed by atoms with Crippen molar-refractivity contribution in [2.24, 2.45) is 0 Å². The largest absolute Gasteiger partial charge is 0.451 e. The zero-order valence-corrected chi connectivity index (χ0v) is 17.7. The van der Waals surface area contributed by atoms with E-state index in [2.05, 4.69) is 10.6 Å². The quantitative estimate of drug-likeness (QED) is 0.384. The molecular formula is C19H10Cl3F3N2O2S. The van der Waals surface area contributed by atoms with E-state index in [0.717, 1.165) is 12.1 Å². The average Bonchev–Trinajstić information content (AvgIpc) is 3.15. The van der Waals surface area contributed by atoms with Crippen LogP contribution < -0.4 is 10.6 Å².